The topological polar surface area (TPSA) is 69.6 Å². The molecule has 4 nitrogen and oxygen atoms in total. The maximum Gasteiger partial charge on any atom is 0.263 e. The summed E-state index contributed by atoms with van der Waals surface area (Å²) in [6.07, 6.45) is 0. The SMILES string of the molecule is Cc1cc(Br)cc(C)c1NC(=O)c1c(O)cccc1O. The van der Waals surface area contributed by atoms with Gasteiger partial charge in [-0.05, 0) is 49.2 Å². The predicted molar refractivity (Wildman–Crippen MR) is 81.3 cm³/mol. The molecular formula is C15H14BrNO3. The zero-order valence-corrected chi connectivity index (χ0v) is 12.7. The number of carbonyl (C=O) groups is 1. The van der Waals surface area contributed by atoms with Crippen molar-refractivity contribution in [1.82, 2.24) is 0 Å². The third kappa shape index (κ3) is 2.77. The molecule has 20 heavy (non-hydrogen) atoms. The normalized spacial score (nSPS) is 10.3. The molecule has 5 heteroatoms. The molecule has 0 unspecified atom stereocenters. The smallest absolute Gasteiger partial charge is 0.263 e. The Kier molecular flexibility index (Phi) is 3.99. The minimum Gasteiger partial charge on any atom is -0.507 e. The fraction of sp³-hybridized carbons (Fsp3) is 0.133. The second-order valence-electron chi connectivity index (χ2n) is 4.54. The number of carbonyl (C=O) groups excluding carboxylic acids is 1. The summed E-state index contributed by atoms with van der Waals surface area (Å²) in [6, 6.07) is 7.95. The van der Waals surface area contributed by atoms with Crippen LogP contribution in [0.1, 0.15) is 21.5 Å². The molecule has 0 saturated heterocycles. The Morgan fingerprint density at radius 2 is 1.60 bits per heavy atom. The third-order valence-corrected chi connectivity index (χ3v) is 3.44. The Labute approximate surface area is 125 Å². The highest BCUT2D eigenvalue weighted by atomic mass is 79.9. The van der Waals surface area contributed by atoms with Crippen LogP contribution < -0.4 is 5.32 Å². The van der Waals surface area contributed by atoms with Gasteiger partial charge in [0, 0.05) is 10.2 Å². The lowest BCUT2D eigenvalue weighted by Gasteiger charge is -2.13. The van der Waals surface area contributed by atoms with Crippen LogP contribution in [-0.4, -0.2) is 16.1 Å². The second kappa shape index (κ2) is 5.54. The summed E-state index contributed by atoms with van der Waals surface area (Å²) >= 11 is 3.39. The maximum absolute atomic E-state index is 12.2. The number of phenolic OH excluding ortho intramolecular Hbond substituents is 2. The first-order valence-corrected chi connectivity index (χ1v) is 6.78. The molecule has 0 radical (unpaired) electrons. The Balaban J connectivity index is 2.38. The molecule has 2 aromatic rings. The van der Waals surface area contributed by atoms with E-state index in [-0.39, 0.29) is 17.1 Å². The number of benzene rings is 2. The van der Waals surface area contributed by atoms with Gasteiger partial charge in [-0.3, -0.25) is 4.79 Å². The number of phenols is 2. The van der Waals surface area contributed by atoms with Crippen molar-refractivity contribution in [3.8, 4) is 11.5 Å². The lowest BCUT2D eigenvalue weighted by molar-refractivity contribution is 0.102. The maximum atomic E-state index is 12.2. The highest BCUT2D eigenvalue weighted by molar-refractivity contribution is 9.10. The van der Waals surface area contributed by atoms with Crippen LogP contribution in [0.15, 0.2) is 34.8 Å². The van der Waals surface area contributed by atoms with Gasteiger partial charge in [0.05, 0.1) is 0 Å². The standard InChI is InChI=1S/C15H14BrNO3/c1-8-6-10(16)7-9(2)14(8)17-15(20)13-11(18)4-3-5-12(13)19/h3-7,18-19H,1-2H3,(H,17,20). The van der Waals surface area contributed by atoms with Gasteiger partial charge >= 0.3 is 0 Å². The molecule has 0 fully saturated rings. The number of anilines is 1. The molecule has 0 bridgehead atoms. The Bertz CT molecular complexity index is 640. The number of rotatable bonds is 2. The van der Waals surface area contributed by atoms with Crippen LogP contribution in [0, 0.1) is 13.8 Å². The van der Waals surface area contributed by atoms with Crippen LogP contribution >= 0.6 is 15.9 Å². The molecule has 0 aliphatic heterocycles. The number of hydrogen-bond acceptors (Lipinski definition) is 3. The van der Waals surface area contributed by atoms with Crippen LogP contribution in [0.4, 0.5) is 5.69 Å². The van der Waals surface area contributed by atoms with Crippen molar-refractivity contribution in [2.24, 2.45) is 0 Å². The van der Waals surface area contributed by atoms with Gasteiger partial charge in [-0.1, -0.05) is 22.0 Å². The lowest BCUT2D eigenvalue weighted by atomic mass is 10.1. The van der Waals surface area contributed by atoms with E-state index in [9.17, 15) is 15.0 Å². The van der Waals surface area contributed by atoms with Crippen molar-refractivity contribution in [3.05, 3.63) is 51.5 Å². The number of aromatic hydroxyl groups is 2. The van der Waals surface area contributed by atoms with E-state index in [0.29, 0.717) is 5.69 Å². The Hall–Kier alpha value is -2.01. The molecule has 2 aromatic carbocycles. The summed E-state index contributed by atoms with van der Waals surface area (Å²) in [4.78, 5) is 12.2. The van der Waals surface area contributed by atoms with Crippen LogP contribution in [0.2, 0.25) is 0 Å². The van der Waals surface area contributed by atoms with Gasteiger partial charge in [-0.25, -0.2) is 0 Å². The largest absolute Gasteiger partial charge is 0.507 e. The van der Waals surface area contributed by atoms with Crippen LogP contribution in [-0.2, 0) is 0 Å². The van der Waals surface area contributed by atoms with E-state index >= 15 is 0 Å². The van der Waals surface area contributed by atoms with Crippen molar-refractivity contribution >= 4 is 27.5 Å². The summed E-state index contributed by atoms with van der Waals surface area (Å²) in [6.45, 7) is 3.75. The van der Waals surface area contributed by atoms with Crippen molar-refractivity contribution in [2.75, 3.05) is 5.32 Å². The molecule has 1 amide bonds. The summed E-state index contributed by atoms with van der Waals surface area (Å²) < 4.78 is 0.927. The van der Waals surface area contributed by atoms with Crippen LogP contribution in [0.25, 0.3) is 0 Å². The van der Waals surface area contributed by atoms with Crippen molar-refractivity contribution in [3.63, 3.8) is 0 Å². The fourth-order valence-electron chi connectivity index (χ4n) is 2.04. The van der Waals surface area contributed by atoms with Crippen molar-refractivity contribution < 1.29 is 15.0 Å². The van der Waals surface area contributed by atoms with E-state index in [2.05, 4.69) is 21.2 Å². The highest BCUT2D eigenvalue weighted by Crippen LogP contribution is 2.30. The Morgan fingerprint density at radius 3 is 2.10 bits per heavy atom. The van der Waals surface area contributed by atoms with Gasteiger partial charge in [-0.15, -0.1) is 0 Å². The lowest BCUT2D eigenvalue weighted by Crippen LogP contribution is -2.14. The van der Waals surface area contributed by atoms with Crippen LogP contribution in [0.5, 0.6) is 11.5 Å². The van der Waals surface area contributed by atoms with Gasteiger partial charge in [0.2, 0.25) is 0 Å². The molecular weight excluding hydrogens is 322 g/mol. The molecule has 3 N–H and O–H groups in total. The van der Waals surface area contributed by atoms with E-state index in [1.54, 1.807) is 0 Å². The number of aryl methyl sites for hydroxylation is 2. The average molecular weight is 336 g/mol. The predicted octanol–water partition coefficient (Wildman–Crippen LogP) is 3.73. The van der Waals surface area contributed by atoms with Gasteiger partial charge < -0.3 is 15.5 Å². The molecule has 0 aliphatic carbocycles. The summed E-state index contributed by atoms with van der Waals surface area (Å²) in [5.41, 5.74) is 2.32. The molecule has 104 valence electrons. The molecule has 0 spiro atoms. The molecule has 0 saturated carbocycles. The fourth-order valence-corrected chi connectivity index (χ4v) is 2.73. The number of amides is 1. The average Bonchev–Trinajstić information content (AvgIpc) is 2.33. The third-order valence-electron chi connectivity index (χ3n) is 2.98. The van der Waals surface area contributed by atoms with Gasteiger partial charge in [0.25, 0.3) is 5.91 Å². The number of halogens is 1. The Morgan fingerprint density at radius 1 is 1.10 bits per heavy atom. The van der Waals surface area contributed by atoms with Gasteiger partial charge in [-0.2, -0.15) is 0 Å². The first-order chi connectivity index (χ1) is 9.40. The van der Waals surface area contributed by atoms with Crippen LogP contribution in [0.3, 0.4) is 0 Å². The van der Waals surface area contributed by atoms with Crippen molar-refractivity contribution in [1.29, 1.82) is 0 Å². The number of nitrogens with one attached hydrogen (secondary N) is 1. The zero-order valence-electron chi connectivity index (χ0n) is 11.1. The van der Waals surface area contributed by atoms with Crippen molar-refractivity contribution in [2.45, 2.75) is 13.8 Å². The molecule has 0 aliphatic rings. The molecule has 0 heterocycles. The summed E-state index contributed by atoms with van der Waals surface area (Å²) in [7, 11) is 0. The van der Waals surface area contributed by atoms with E-state index < -0.39 is 5.91 Å². The quantitative estimate of drug-likeness (QED) is 0.783. The first-order valence-electron chi connectivity index (χ1n) is 5.99. The highest BCUT2D eigenvalue weighted by Gasteiger charge is 2.17. The van der Waals surface area contributed by atoms with E-state index in [0.717, 1.165) is 15.6 Å². The van der Waals surface area contributed by atoms with Gasteiger partial charge in [0.1, 0.15) is 17.1 Å². The summed E-state index contributed by atoms with van der Waals surface area (Å²) in [5.74, 6) is -1.06. The molecule has 2 rings (SSSR count). The zero-order chi connectivity index (χ0) is 14.9. The summed E-state index contributed by atoms with van der Waals surface area (Å²) in [5, 5.41) is 22.1. The van der Waals surface area contributed by atoms with E-state index in [4.69, 9.17) is 0 Å². The minimum absolute atomic E-state index is 0.130. The first kappa shape index (κ1) is 14.4. The minimum atomic E-state index is -0.547. The number of hydrogen-bond donors (Lipinski definition) is 3. The van der Waals surface area contributed by atoms with E-state index in [1.807, 2.05) is 26.0 Å². The van der Waals surface area contributed by atoms with E-state index in [1.165, 1.54) is 18.2 Å². The molecule has 0 atom stereocenters. The monoisotopic (exact) mass is 335 g/mol. The van der Waals surface area contributed by atoms with Gasteiger partial charge in [0.15, 0.2) is 0 Å². The molecule has 0 aromatic heterocycles. The second-order valence-corrected chi connectivity index (χ2v) is 5.46.